The summed E-state index contributed by atoms with van der Waals surface area (Å²) in [6.45, 7) is 2.17. The predicted molar refractivity (Wildman–Crippen MR) is 65.7 cm³/mol. The molecule has 4 nitrogen and oxygen atoms in total. The van der Waals surface area contributed by atoms with E-state index in [2.05, 4.69) is 0 Å². The Morgan fingerprint density at radius 2 is 2.24 bits per heavy atom. The van der Waals surface area contributed by atoms with Gasteiger partial charge in [0, 0.05) is 11.1 Å². The second-order valence-corrected chi connectivity index (χ2v) is 4.54. The largest absolute Gasteiger partial charge is 0.495 e. The van der Waals surface area contributed by atoms with E-state index in [1.165, 1.54) is 12.0 Å². The highest BCUT2D eigenvalue weighted by atomic mass is 35.5. The molecule has 1 fully saturated rings. The fourth-order valence-electron chi connectivity index (χ4n) is 1.94. The molecule has 0 aliphatic carbocycles. The van der Waals surface area contributed by atoms with E-state index in [9.17, 15) is 9.90 Å². The van der Waals surface area contributed by atoms with Crippen molar-refractivity contribution < 1.29 is 14.6 Å². The Labute approximate surface area is 105 Å². The standard InChI is InChI=1S/C12H14ClNO3/c1-7-3-10(11(17-2)5-9(7)13)14-6-8(15)4-12(14)16/h3,5,8,15H,4,6H2,1-2H3. The van der Waals surface area contributed by atoms with Crippen molar-refractivity contribution in [1.82, 2.24) is 0 Å². The summed E-state index contributed by atoms with van der Waals surface area (Å²) in [5, 5.41) is 10.1. The minimum absolute atomic E-state index is 0.0995. The number of amides is 1. The molecule has 1 aromatic rings. The number of ether oxygens (including phenoxy) is 1. The Bertz CT molecular complexity index is 461. The van der Waals surface area contributed by atoms with Gasteiger partial charge < -0.3 is 14.7 Å². The summed E-state index contributed by atoms with van der Waals surface area (Å²) in [4.78, 5) is 13.3. The minimum Gasteiger partial charge on any atom is -0.495 e. The van der Waals surface area contributed by atoms with Crippen molar-refractivity contribution in [2.24, 2.45) is 0 Å². The van der Waals surface area contributed by atoms with Crippen molar-refractivity contribution in [2.75, 3.05) is 18.6 Å². The lowest BCUT2D eigenvalue weighted by atomic mass is 10.2. The molecule has 0 bridgehead atoms. The van der Waals surface area contributed by atoms with E-state index in [-0.39, 0.29) is 12.3 Å². The van der Waals surface area contributed by atoms with Crippen molar-refractivity contribution in [3.05, 3.63) is 22.7 Å². The Morgan fingerprint density at radius 3 is 2.76 bits per heavy atom. The third-order valence-corrected chi connectivity index (χ3v) is 3.26. The van der Waals surface area contributed by atoms with Crippen LogP contribution < -0.4 is 9.64 Å². The van der Waals surface area contributed by atoms with E-state index >= 15 is 0 Å². The number of aliphatic hydroxyl groups excluding tert-OH is 1. The lowest BCUT2D eigenvalue weighted by Crippen LogP contribution is -2.25. The molecule has 1 aliphatic heterocycles. The van der Waals surface area contributed by atoms with Gasteiger partial charge in [-0.05, 0) is 18.6 Å². The molecule has 5 heteroatoms. The first kappa shape index (κ1) is 12.2. The van der Waals surface area contributed by atoms with Gasteiger partial charge in [0.2, 0.25) is 5.91 Å². The van der Waals surface area contributed by atoms with Gasteiger partial charge in [0.1, 0.15) is 5.75 Å². The number of hydrogen-bond donors (Lipinski definition) is 1. The molecule has 1 saturated heterocycles. The first-order valence-electron chi connectivity index (χ1n) is 5.35. The van der Waals surface area contributed by atoms with Gasteiger partial charge >= 0.3 is 0 Å². The number of benzene rings is 1. The summed E-state index contributed by atoms with van der Waals surface area (Å²) in [6.07, 6.45) is -0.451. The molecule has 1 aromatic carbocycles. The van der Waals surface area contributed by atoms with Gasteiger partial charge in [-0.25, -0.2) is 0 Å². The SMILES string of the molecule is COc1cc(Cl)c(C)cc1N1CC(O)CC1=O. The minimum atomic E-state index is -0.608. The number of carbonyl (C=O) groups excluding carboxylic acids is 1. The maximum atomic E-state index is 11.7. The molecule has 1 unspecified atom stereocenters. The summed E-state index contributed by atoms with van der Waals surface area (Å²) in [6, 6.07) is 3.49. The van der Waals surface area contributed by atoms with Crippen LogP contribution in [0.2, 0.25) is 5.02 Å². The van der Waals surface area contributed by atoms with Crippen LogP contribution >= 0.6 is 11.6 Å². The third kappa shape index (κ3) is 2.23. The Morgan fingerprint density at radius 1 is 1.53 bits per heavy atom. The summed E-state index contributed by atoms with van der Waals surface area (Å²) in [7, 11) is 1.53. The number of aliphatic hydroxyl groups is 1. The average Bonchev–Trinajstić information content (AvgIpc) is 2.61. The highest BCUT2D eigenvalue weighted by molar-refractivity contribution is 6.31. The fraction of sp³-hybridized carbons (Fsp3) is 0.417. The first-order valence-corrected chi connectivity index (χ1v) is 5.73. The molecular formula is C12H14ClNO3. The maximum absolute atomic E-state index is 11.7. The Kier molecular flexibility index (Phi) is 3.26. The molecule has 2 rings (SSSR count). The molecule has 0 spiro atoms. The van der Waals surface area contributed by atoms with Crippen LogP contribution in [-0.4, -0.2) is 30.8 Å². The highest BCUT2D eigenvalue weighted by Gasteiger charge is 2.31. The summed E-state index contributed by atoms with van der Waals surface area (Å²) in [5.41, 5.74) is 1.53. The van der Waals surface area contributed by atoms with Crippen LogP contribution in [0.25, 0.3) is 0 Å². The van der Waals surface area contributed by atoms with Gasteiger partial charge in [-0.15, -0.1) is 0 Å². The normalized spacial score (nSPS) is 19.9. The van der Waals surface area contributed by atoms with E-state index < -0.39 is 6.10 Å². The maximum Gasteiger partial charge on any atom is 0.229 e. The molecular weight excluding hydrogens is 242 g/mol. The van der Waals surface area contributed by atoms with Crippen LogP contribution in [0.3, 0.4) is 0 Å². The molecule has 1 amide bonds. The zero-order chi connectivity index (χ0) is 12.6. The number of β-amino-alcohol motifs (C(OH)–C–C–N with tert-alkyl or cyclic N) is 1. The Hall–Kier alpha value is -1.26. The topological polar surface area (TPSA) is 49.8 Å². The van der Waals surface area contributed by atoms with Gasteiger partial charge in [-0.1, -0.05) is 11.6 Å². The second-order valence-electron chi connectivity index (χ2n) is 4.14. The number of anilines is 1. The van der Waals surface area contributed by atoms with E-state index in [1.54, 1.807) is 12.1 Å². The van der Waals surface area contributed by atoms with E-state index in [4.69, 9.17) is 16.3 Å². The molecule has 1 N–H and O–H groups in total. The molecule has 92 valence electrons. The van der Waals surface area contributed by atoms with Crippen LogP contribution in [0, 0.1) is 6.92 Å². The predicted octanol–water partition coefficient (Wildman–Crippen LogP) is 1.75. The summed E-state index contributed by atoms with van der Waals surface area (Å²) >= 11 is 6.00. The molecule has 0 saturated carbocycles. The molecule has 1 heterocycles. The number of aryl methyl sites for hydroxylation is 1. The van der Waals surface area contributed by atoms with E-state index in [0.717, 1.165) is 5.56 Å². The van der Waals surface area contributed by atoms with Crippen molar-refractivity contribution in [3.63, 3.8) is 0 Å². The van der Waals surface area contributed by atoms with Crippen molar-refractivity contribution in [3.8, 4) is 5.75 Å². The van der Waals surface area contributed by atoms with Crippen molar-refractivity contribution in [2.45, 2.75) is 19.4 Å². The number of carbonyl (C=O) groups is 1. The quantitative estimate of drug-likeness (QED) is 0.876. The van der Waals surface area contributed by atoms with E-state index in [1.807, 2.05) is 6.92 Å². The number of nitrogens with zero attached hydrogens (tertiary/aromatic N) is 1. The van der Waals surface area contributed by atoms with Gasteiger partial charge in [0.15, 0.2) is 0 Å². The molecule has 0 aromatic heterocycles. The van der Waals surface area contributed by atoms with Crippen LogP contribution in [0.5, 0.6) is 5.75 Å². The van der Waals surface area contributed by atoms with Crippen LogP contribution in [0.15, 0.2) is 12.1 Å². The number of methoxy groups -OCH3 is 1. The molecule has 0 radical (unpaired) electrons. The fourth-order valence-corrected chi connectivity index (χ4v) is 2.10. The zero-order valence-electron chi connectivity index (χ0n) is 9.74. The van der Waals surface area contributed by atoms with Crippen molar-refractivity contribution in [1.29, 1.82) is 0 Å². The number of halogens is 1. The number of rotatable bonds is 2. The smallest absolute Gasteiger partial charge is 0.229 e. The first-order chi connectivity index (χ1) is 8.02. The average molecular weight is 256 g/mol. The molecule has 1 aliphatic rings. The number of hydrogen-bond acceptors (Lipinski definition) is 3. The summed E-state index contributed by atoms with van der Waals surface area (Å²) in [5.74, 6) is 0.445. The second kappa shape index (κ2) is 4.55. The molecule has 1 atom stereocenters. The van der Waals surface area contributed by atoms with Crippen molar-refractivity contribution >= 4 is 23.2 Å². The van der Waals surface area contributed by atoms with Crippen LogP contribution in [0.1, 0.15) is 12.0 Å². The molecule has 17 heavy (non-hydrogen) atoms. The van der Waals surface area contributed by atoms with Gasteiger partial charge in [0.25, 0.3) is 0 Å². The van der Waals surface area contributed by atoms with E-state index in [0.29, 0.717) is 23.0 Å². The lowest BCUT2D eigenvalue weighted by Gasteiger charge is -2.20. The summed E-state index contributed by atoms with van der Waals surface area (Å²) < 4.78 is 5.22. The third-order valence-electron chi connectivity index (χ3n) is 2.86. The Balaban J connectivity index is 2.44. The monoisotopic (exact) mass is 255 g/mol. The lowest BCUT2D eigenvalue weighted by molar-refractivity contribution is -0.117. The van der Waals surface area contributed by atoms with Crippen LogP contribution in [0.4, 0.5) is 5.69 Å². The van der Waals surface area contributed by atoms with Gasteiger partial charge in [-0.2, -0.15) is 0 Å². The highest BCUT2D eigenvalue weighted by Crippen LogP contribution is 2.35. The van der Waals surface area contributed by atoms with Crippen LogP contribution in [-0.2, 0) is 4.79 Å². The zero-order valence-corrected chi connectivity index (χ0v) is 10.5. The van der Waals surface area contributed by atoms with Gasteiger partial charge in [-0.3, -0.25) is 4.79 Å². The van der Waals surface area contributed by atoms with Gasteiger partial charge in [0.05, 0.1) is 31.9 Å².